The van der Waals surface area contributed by atoms with Crippen LogP contribution in [0.25, 0.3) is 0 Å². The number of hydrogen-bond acceptors (Lipinski definition) is 3. The largest absolute Gasteiger partial charge is 0.362 e. The SMILES string of the molecule is CCCC[C@@H](CC)CNC(=S)Nc1cccc([N+](=O)[O-])c1. The maximum atomic E-state index is 10.7. The third-order valence-electron chi connectivity index (χ3n) is 3.41. The number of nitrogens with one attached hydrogen (secondary N) is 2. The molecule has 21 heavy (non-hydrogen) atoms. The molecular weight excluding hydrogens is 286 g/mol. The number of anilines is 1. The summed E-state index contributed by atoms with van der Waals surface area (Å²) in [6.07, 6.45) is 4.74. The fourth-order valence-electron chi connectivity index (χ4n) is 2.05. The molecule has 1 rings (SSSR count). The lowest BCUT2D eigenvalue weighted by molar-refractivity contribution is -0.384. The zero-order valence-electron chi connectivity index (χ0n) is 12.6. The standard InChI is InChI=1S/C15H23N3O2S/c1-3-5-7-12(4-2)11-16-15(21)17-13-8-6-9-14(10-13)18(19)20/h6,8-10,12H,3-5,7,11H2,1-2H3,(H2,16,17,21)/t12-/m1/s1. The fraction of sp³-hybridized carbons (Fsp3) is 0.533. The third-order valence-corrected chi connectivity index (χ3v) is 3.66. The van der Waals surface area contributed by atoms with Gasteiger partial charge >= 0.3 is 0 Å². The van der Waals surface area contributed by atoms with Crippen molar-refractivity contribution < 1.29 is 4.92 Å². The Bertz CT molecular complexity index is 480. The van der Waals surface area contributed by atoms with E-state index in [4.69, 9.17) is 12.2 Å². The van der Waals surface area contributed by atoms with Crippen LogP contribution in [0.2, 0.25) is 0 Å². The zero-order chi connectivity index (χ0) is 15.7. The van der Waals surface area contributed by atoms with Gasteiger partial charge in [-0.25, -0.2) is 0 Å². The van der Waals surface area contributed by atoms with Gasteiger partial charge in [-0.15, -0.1) is 0 Å². The van der Waals surface area contributed by atoms with Gasteiger partial charge in [0.2, 0.25) is 0 Å². The fourth-order valence-corrected chi connectivity index (χ4v) is 2.25. The number of thiocarbonyl (C=S) groups is 1. The molecule has 0 heterocycles. The minimum Gasteiger partial charge on any atom is -0.362 e. The molecule has 0 amide bonds. The molecule has 0 aliphatic rings. The highest BCUT2D eigenvalue weighted by atomic mass is 32.1. The van der Waals surface area contributed by atoms with Crippen molar-refractivity contribution in [3.63, 3.8) is 0 Å². The van der Waals surface area contributed by atoms with Crippen LogP contribution < -0.4 is 10.6 Å². The molecule has 0 unspecified atom stereocenters. The zero-order valence-corrected chi connectivity index (χ0v) is 13.4. The average molecular weight is 309 g/mol. The first-order valence-corrected chi connectivity index (χ1v) is 7.77. The van der Waals surface area contributed by atoms with E-state index in [1.807, 2.05) is 0 Å². The number of nitro benzene ring substituents is 1. The van der Waals surface area contributed by atoms with Crippen LogP contribution in [0, 0.1) is 16.0 Å². The highest BCUT2D eigenvalue weighted by Crippen LogP contribution is 2.17. The van der Waals surface area contributed by atoms with Gasteiger partial charge in [-0.1, -0.05) is 39.2 Å². The van der Waals surface area contributed by atoms with E-state index in [1.165, 1.54) is 31.4 Å². The summed E-state index contributed by atoms with van der Waals surface area (Å²) in [7, 11) is 0. The summed E-state index contributed by atoms with van der Waals surface area (Å²) in [6.45, 7) is 5.20. The Morgan fingerprint density at radius 1 is 1.43 bits per heavy atom. The molecule has 5 nitrogen and oxygen atoms in total. The van der Waals surface area contributed by atoms with E-state index < -0.39 is 4.92 Å². The molecule has 0 saturated carbocycles. The second kappa shape index (κ2) is 9.28. The predicted octanol–water partition coefficient (Wildman–Crippen LogP) is 4.10. The van der Waals surface area contributed by atoms with Crippen molar-refractivity contribution in [3.8, 4) is 0 Å². The second-order valence-electron chi connectivity index (χ2n) is 5.06. The van der Waals surface area contributed by atoms with Crippen LogP contribution in [-0.4, -0.2) is 16.6 Å². The van der Waals surface area contributed by atoms with Gasteiger partial charge in [0.1, 0.15) is 0 Å². The highest BCUT2D eigenvalue weighted by molar-refractivity contribution is 7.80. The van der Waals surface area contributed by atoms with Gasteiger partial charge in [0.05, 0.1) is 4.92 Å². The normalized spacial score (nSPS) is 11.7. The maximum absolute atomic E-state index is 10.7. The van der Waals surface area contributed by atoms with Crippen LogP contribution in [0.3, 0.4) is 0 Å². The van der Waals surface area contributed by atoms with E-state index in [2.05, 4.69) is 24.5 Å². The molecule has 0 aliphatic heterocycles. The van der Waals surface area contributed by atoms with Crippen molar-refractivity contribution in [1.82, 2.24) is 5.32 Å². The minimum absolute atomic E-state index is 0.0529. The van der Waals surface area contributed by atoms with Crippen molar-refractivity contribution in [2.75, 3.05) is 11.9 Å². The summed E-state index contributed by atoms with van der Waals surface area (Å²) in [5.74, 6) is 0.606. The Kier molecular flexibility index (Phi) is 7.68. The van der Waals surface area contributed by atoms with Crippen LogP contribution in [0.5, 0.6) is 0 Å². The van der Waals surface area contributed by atoms with Crippen LogP contribution in [0.4, 0.5) is 11.4 Å². The lowest BCUT2D eigenvalue weighted by atomic mass is 9.99. The van der Waals surface area contributed by atoms with Crippen molar-refractivity contribution in [3.05, 3.63) is 34.4 Å². The second-order valence-corrected chi connectivity index (χ2v) is 5.47. The van der Waals surface area contributed by atoms with Gasteiger partial charge in [0.25, 0.3) is 5.69 Å². The summed E-state index contributed by atoms with van der Waals surface area (Å²) in [4.78, 5) is 10.3. The highest BCUT2D eigenvalue weighted by Gasteiger charge is 2.08. The lowest BCUT2D eigenvalue weighted by Crippen LogP contribution is -2.32. The Morgan fingerprint density at radius 3 is 2.81 bits per heavy atom. The lowest BCUT2D eigenvalue weighted by Gasteiger charge is -2.17. The van der Waals surface area contributed by atoms with Gasteiger partial charge in [0.15, 0.2) is 5.11 Å². The first kappa shape index (κ1) is 17.4. The maximum Gasteiger partial charge on any atom is 0.271 e. The van der Waals surface area contributed by atoms with Gasteiger partial charge in [-0.2, -0.15) is 0 Å². The topological polar surface area (TPSA) is 67.2 Å². The number of hydrogen-bond donors (Lipinski definition) is 2. The van der Waals surface area contributed by atoms with Crippen molar-refractivity contribution in [2.45, 2.75) is 39.5 Å². The summed E-state index contributed by atoms with van der Waals surface area (Å²) in [5, 5.41) is 17.4. The van der Waals surface area contributed by atoms with Crippen LogP contribution in [0.1, 0.15) is 39.5 Å². The Labute approximate surface area is 131 Å². The number of benzene rings is 1. The third kappa shape index (κ3) is 6.53. The van der Waals surface area contributed by atoms with Gasteiger partial charge in [-0.3, -0.25) is 10.1 Å². The number of nitro groups is 1. The number of nitrogens with zero attached hydrogens (tertiary/aromatic N) is 1. The number of rotatable bonds is 8. The molecule has 2 N–H and O–H groups in total. The molecule has 0 saturated heterocycles. The van der Waals surface area contributed by atoms with E-state index in [-0.39, 0.29) is 5.69 Å². The predicted molar refractivity (Wildman–Crippen MR) is 90.6 cm³/mol. The molecule has 0 aromatic heterocycles. The van der Waals surface area contributed by atoms with Crippen LogP contribution in [0.15, 0.2) is 24.3 Å². The molecule has 0 fully saturated rings. The van der Waals surface area contributed by atoms with Crippen molar-refractivity contribution in [1.29, 1.82) is 0 Å². The van der Waals surface area contributed by atoms with Gasteiger partial charge in [-0.05, 0) is 30.6 Å². The molecule has 116 valence electrons. The van der Waals surface area contributed by atoms with Gasteiger partial charge < -0.3 is 10.6 Å². The molecule has 1 atom stereocenters. The summed E-state index contributed by atoms with van der Waals surface area (Å²) in [5.41, 5.74) is 0.681. The molecule has 1 aromatic rings. The first-order chi connectivity index (χ1) is 10.1. The quantitative estimate of drug-likeness (QED) is 0.430. The van der Waals surface area contributed by atoms with E-state index in [9.17, 15) is 10.1 Å². The summed E-state index contributed by atoms with van der Waals surface area (Å²) >= 11 is 5.23. The van der Waals surface area contributed by atoms with E-state index in [1.54, 1.807) is 12.1 Å². The molecule has 0 bridgehead atoms. The Hall–Kier alpha value is -1.69. The van der Waals surface area contributed by atoms with Crippen LogP contribution >= 0.6 is 12.2 Å². The molecule has 1 aromatic carbocycles. The molecular formula is C15H23N3O2S. The molecule has 0 radical (unpaired) electrons. The average Bonchev–Trinajstić information content (AvgIpc) is 2.47. The molecule has 0 aliphatic carbocycles. The first-order valence-electron chi connectivity index (χ1n) is 7.36. The Morgan fingerprint density at radius 2 is 2.19 bits per heavy atom. The van der Waals surface area contributed by atoms with Crippen molar-refractivity contribution >= 4 is 28.7 Å². The Balaban J connectivity index is 2.46. The minimum atomic E-state index is -0.417. The van der Waals surface area contributed by atoms with Crippen LogP contribution in [-0.2, 0) is 0 Å². The number of non-ortho nitro benzene ring substituents is 1. The molecule has 0 spiro atoms. The van der Waals surface area contributed by atoms with Gasteiger partial charge in [0, 0.05) is 24.4 Å². The van der Waals surface area contributed by atoms with E-state index >= 15 is 0 Å². The summed E-state index contributed by atoms with van der Waals surface area (Å²) in [6, 6.07) is 6.33. The molecule has 6 heteroatoms. The number of unbranched alkanes of at least 4 members (excludes halogenated alkanes) is 1. The monoisotopic (exact) mass is 309 g/mol. The van der Waals surface area contributed by atoms with Crippen molar-refractivity contribution in [2.24, 2.45) is 5.92 Å². The van der Waals surface area contributed by atoms with E-state index in [0.29, 0.717) is 16.7 Å². The summed E-state index contributed by atoms with van der Waals surface area (Å²) < 4.78 is 0. The van der Waals surface area contributed by atoms with E-state index in [0.717, 1.165) is 13.0 Å². The smallest absolute Gasteiger partial charge is 0.271 e.